The summed E-state index contributed by atoms with van der Waals surface area (Å²) in [4.78, 5) is 14.1. The molecule has 3 rings (SSSR count). The molecule has 1 saturated heterocycles. The van der Waals surface area contributed by atoms with Crippen molar-refractivity contribution in [2.24, 2.45) is 5.41 Å². The summed E-state index contributed by atoms with van der Waals surface area (Å²) in [6.07, 6.45) is 2.69. The zero-order valence-electron chi connectivity index (χ0n) is 14.2. The molecule has 2 heterocycles. The predicted molar refractivity (Wildman–Crippen MR) is 94.5 cm³/mol. The highest BCUT2D eigenvalue weighted by atomic mass is 35.5. The molecule has 2 atom stereocenters. The lowest BCUT2D eigenvalue weighted by Crippen LogP contribution is -2.57. The number of benzene rings is 1. The average molecular weight is 382 g/mol. The topological polar surface area (TPSA) is 78.6 Å². The zero-order valence-corrected chi connectivity index (χ0v) is 14.9. The van der Waals surface area contributed by atoms with Crippen molar-refractivity contribution in [2.45, 2.75) is 25.5 Å². The first kappa shape index (κ1) is 18.8. The van der Waals surface area contributed by atoms with E-state index >= 15 is 0 Å². The zero-order chi connectivity index (χ0) is 18.7. The Morgan fingerprint density at radius 1 is 1.42 bits per heavy atom. The SMILES string of the molecule is O=C(O)[C@]1(Cc2cccc(F)c2)CN(CCn2cc(Cl)cn2)CC[C@@H]1O. The minimum atomic E-state index is -1.37. The molecule has 0 saturated carbocycles. The number of aliphatic hydroxyl groups excluding tert-OH is 1. The van der Waals surface area contributed by atoms with Gasteiger partial charge in [0, 0.05) is 25.8 Å². The highest BCUT2D eigenvalue weighted by Crippen LogP contribution is 2.35. The van der Waals surface area contributed by atoms with Crippen molar-refractivity contribution < 1.29 is 19.4 Å². The molecule has 8 heteroatoms. The second-order valence-corrected chi connectivity index (χ2v) is 7.21. The lowest BCUT2D eigenvalue weighted by atomic mass is 9.73. The molecule has 1 aromatic carbocycles. The van der Waals surface area contributed by atoms with Crippen LogP contribution in [-0.2, 0) is 17.8 Å². The van der Waals surface area contributed by atoms with E-state index in [0.29, 0.717) is 36.6 Å². The summed E-state index contributed by atoms with van der Waals surface area (Å²) in [5, 5.41) is 25.0. The van der Waals surface area contributed by atoms with Gasteiger partial charge in [-0.1, -0.05) is 23.7 Å². The Kier molecular flexibility index (Phi) is 5.60. The van der Waals surface area contributed by atoms with E-state index in [4.69, 9.17) is 11.6 Å². The van der Waals surface area contributed by atoms with E-state index in [9.17, 15) is 19.4 Å². The van der Waals surface area contributed by atoms with Crippen LogP contribution in [0, 0.1) is 11.2 Å². The summed E-state index contributed by atoms with van der Waals surface area (Å²) in [5.41, 5.74) is -0.805. The molecule has 1 aromatic heterocycles. The monoisotopic (exact) mass is 381 g/mol. The van der Waals surface area contributed by atoms with Crippen molar-refractivity contribution >= 4 is 17.6 Å². The molecule has 0 bridgehead atoms. The largest absolute Gasteiger partial charge is 0.481 e. The Balaban J connectivity index is 1.75. The number of halogens is 2. The standard InChI is InChI=1S/C18H21ClFN3O3/c19-14-10-21-23(11-14)7-6-22-5-4-16(24)18(12-22,17(25)26)9-13-2-1-3-15(20)8-13/h1-3,8,10-11,16,24H,4-7,9,12H2,(H,25,26)/t16-,18+/m0/s1. The summed E-state index contributed by atoms with van der Waals surface area (Å²) < 4.78 is 15.2. The molecule has 2 N–H and O–H groups in total. The molecule has 1 fully saturated rings. The fraction of sp³-hybridized carbons (Fsp3) is 0.444. The number of likely N-dealkylation sites (tertiary alicyclic amines) is 1. The molecule has 1 aliphatic rings. The number of hydrogen-bond acceptors (Lipinski definition) is 4. The Morgan fingerprint density at radius 2 is 2.23 bits per heavy atom. The van der Waals surface area contributed by atoms with Gasteiger partial charge in [-0.05, 0) is 30.5 Å². The average Bonchev–Trinajstić information content (AvgIpc) is 3.01. The van der Waals surface area contributed by atoms with E-state index in [1.807, 2.05) is 4.90 Å². The van der Waals surface area contributed by atoms with Crippen LogP contribution in [0.4, 0.5) is 4.39 Å². The second kappa shape index (κ2) is 7.73. The Hall–Kier alpha value is -1.96. The van der Waals surface area contributed by atoms with Crippen molar-refractivity contribution in [1.82, 2.24) is 14.7 Å². The van der Waals surface area contributed by atoms with Gasteiger partial charge in [0.2, 0.25) is 0 Å². The normalized spacial score (nSPS) is 23.9. The number of carboxylic acids is 1. The summed E-state index contributed by atoms with van der Waals surface area (Å²) in [7, 11) is 0. The molecule has 6 nitrogen and oxygen atoms in total. The van der Waals surface area contributed by atoms with Gasteiger partial charge in [-0.25, -0.2) is 4.39 Å². The lowest BCUT2D eigenvalue weighted by molar-refractivity contribution is -0.163. The highest BCUT2D eigenvalue weighted by molar-refractivity contribution is 6.30. The van der Waals surface area contributed by atoms with Crippen LogP contribution in [0.5, 0.6) is 0 Å². The fourth-order valence-corrected chi connectivity index (χ4v) is 3.69. The molecule has 0 amide bonds. The minimum absolute atomic E-state index is 0.0748. The van der Waals surface area contributed by atoms with E-state index in [0.717, 1.165) is 0 Å². The highest BCUT2D eigenvalue weighted by Gasteiger charge is 2.49. The number of nitrogens with zero attached hydrogens (tertiary/aromatic N) is 3. The molecular weight excluding hydrogens is 361 g/mol. The van der Waals surface area contributed by atoms with Gasteiger partial charge in [0.25, 0.3) is 0 Å². The smallest absolute Gasteiger partial charge is 0.313 e. The molecule has 26 heavy (non-hydrogen) atoms. The first-order valence-electron chi connectivity index (χ1n) is 8.45. The summed E-state index contributed by atoms with van der Waals surface area (Å²) in [6.45, 7) is 1.94. The minimum Gasteiger partial charge on any atom is -0.481 e. The molecule has 0 unspecified atom stereocenters. The van der Waals surface area contributed by atoms with Crippen LogP contribution in [0.15, 0.2) is 36.7 Å². The second-order valence-electron chi connectivity index (χ2n) is 6.77. The van der Waals surface area contributed by atoms with Crippen molar-refractivity contribution in [1.29, 1.82) is 0 Å². The van der Waals surface area contributed by atoms with Gasteiger partial charge < -0.3 is 15.1 Å². The fourth-order valence-electron chi connectivity index (χ4n) is 3.53. The molecule has 140 valence electrons. The third kappa shape index (κ3) is 4.06. The van der Waals surface area contributed by atoms with Crippen LogP contribution in [0.2, 0.25) is 5.02 Å². The Labute approximate surface area is 155 Å². The first-order valence-corrected chi connectivity index (χ1v) is 8.83. The van der Waals surface area contributed by atoms with Crippen molar-refractivity contribution in [3.63, 3.8) is 0 Å². The molecule has 0 spiro atoms. The number of carbonyl (C=O) groups is 1. The number of hydrogen-bond donors (Lipinski definition) is 2. The van der Waals surface area contributed by atoms with E-state index in [-0.39, 0.29) is 13.0 Å². The molecular formula is C18H21ClFN3O3. The van der Waals surface area contributed by atoms with Gasteiger partial charge in [-0.3, -0.25) is 9.48 Å². The van der Waals surface area contributed by atoms with Crippen LogP contribution in [0.1, 0.15) is 12.0 Å². The van der Waals surface area contributed by atoms with Gasteiger partial charge in [0.05, 0.1) is 23.9 Å². The predicted octanol–water partition coefficient (Wildman–Crippen LogP) is 2.06. The van der Waals surface area contributed by atoms with E-state index < -0.39 is 23.3 Å². The third-order valence-corrected chi connectivity index (χ3v) is 5.14. The quantitative estimate of drug-likeness (QED) is 0.800. The maximum absolute atomic E-state index is 13.5. The van der Waals surface area contributed by atoms with Crippen LogP contribution >= 0.6 is 11.6 Å². The first-order chi connectivity index (χ1) is 12.4. The van der Waals surface area contributed by atoms with Gasteiger partial charge in [-0.2, -0.15) is 5.10 Å². The van der Waals surface area contributed by atoms with Crippen LogP contribution in [0.3, 0.4) is 0 Å². The van der Waals surface area contributed by atoms with Crippen molar-refractivity contribution in [3.05, 3.63) is 53.1 Å². The van der Waals surface area contributed by atoms with Crippen LogP contribution < -0.4 is 0 Å². The van der Waals surface area contributed by atoms with E-state index in [1.54, 1.807) is 29.2 Å². The summed E-state index contributed by atoms with van der Waals surface area (Å²) in [5.74, 6) is -1.48. The number of aromatic nitrogens is 2. The molecule has 1 aliphatic heterocycles. The van der Waals surface area contributed by atoms with Gasteiger partial charge in [-0.15, -0.1) is 0 Å². The maximum Gasteiger partial charge on any atom is 0.313 e. The Morgan fingerprint density at radius 3 is 2.88 bits per heavy atom. The number of aliphatic hydroxyl groups is 1. The van der Waals surface area contributed by atoms with E-state index in [1.165, 1.54) is 12.1 Å². The number of aliphatic carboxylic acids is 1. The summed E-state index contributed by atoms with van der Waals surface area (Å²) >= 11 is 5.85. The maximum atomic E-state index is 13.5. The van der Waals surface area contributed by atoms with Crippen LogP contribution in [0.25, 0.3) is 0 Å². The van der Waals surface area contributed by atoms with Crippen LogP contribution in [-0.4, -0.2) is 56.6 Å². The number of carboxylic acid groups (broad SMARTS) is 1. The van der Waals surface area contributed by atoms with E-state index in [2.05, 4.69) is 5.10 Å². The molecule has 0 aliphatic carbocycles. The van der Waals surface area contributed by atoms with Gasteiger partial charge in [0.15, 0.2) is 0 Å². The van der Waals surface area contributed by atoms with Gasteiger partial charge in [0.1, 0.15) is 11.2 Å². The molecule has 0 radical (unpaired) electrons. The van der Waals surface area contributed by atoms with Crippen molar-refractivity contribution in [3.8, 4) is 0 Å². The third-order valence-electron chi connectivity index (χ3n) is 4.94. The lowest BCUT2D eigenvalue weighted by Gasteiger charge is -2.43. The Bertz CT molecular complexity index is 785. The van der Waals surface area contributed by atoms with Gasteiger partial charge >= 0.3 is 5.97 Å². The van der Waals surface area contributed by atoms with Crippen molar-refractivity contribution in [2.75, 3.05) is 19.6 Å². The summed E-state index contributed by atoms with van der Waals surface area (Å²) in [6, 6.07) is 5.87. The number of rotatable bonds is 6. The number of piperidine rings is 1. The molecule has 2 aromatic rings.